The van der Waals surface area contributed by atoms with E-state index in [1.165, 1.54) is 43.2 Å². The molecule has 1 fully saturated rings. The van der Waals surface area contributed by atoms with Crippen LogP contribution >= 0.6 is 0 Å². The van der Waals surface area contributed by atoms with Gasteiger partial charge in [-0.25, -0.2) is 4.99 Å². The van der Waals surface area contributed by atoms with Gasteiger partial charge in [0, 0.05) is 5.56 Å². The van der Waals surface area contributed by atoms with Crippen LogP contribution in [-0.2, 0) is 4.74 Å². The molecule has 0 atom stereocenters. The molecule has 1 aliphatic heterocycles. The van der Waals surface area contributed by atoms with Gasteiger partial charge in [0.25, 0.3) is 0 Å². The molecule has 1 saturated carbocycles. The minimum Gasteiger partial charge on any atom is -0.475 e. The van der Waals surface area contributed by atoms with E-state index in [1.54, 1.807) is 0 Å². The van der Waals surface area contributed by atoms with Gasteiger partial charge in [0.1, 0.15) is 6.61 Å². The summed E-state index contributed by atoms with van der Waals surface area (Å²) in [6.45, 7) is 4.95. The normalized spacial score (nSPS) is 22.9. The van der Waals surface area contributed by atoms with Crippen molar-refractivity contribution in [2.75, 3.05) is 6.61 Å². The molecular weight excluding hydrogens is 234 g/mol. The second-order valence-corrected chi connectivity index (χ2v) is 6.44. The van der Waals surface area contributed by atoms with E-state index >= 15 is 0 Å². The quantitative estimate of drug-likeness (QED) is 0.774. The van der Waals surface area contributed by atoms with Gasteiger partial charge in [0.2, 0.25) is 5.90 Å². The maximum Gasteiger partial charge on any atom is 0.217 e. The van der Waals surface area contributed by atoms with E-state index in [0.717, 1.165) is 5.90 Å². The molecule has 1 aromatic rings. The van der Waals surface area contributed by atoms with E-state index in [-0.39, 0.29) is 5.54 Å². The fourth-order valence-electron chi connectivity index (χ4n) is 3.18. The second-order valence-electron chi connectivity index (χ2n) is 6.44. The average molecular weight is 257 g/mol. The van der Waals surface area contributed by atoms with Crippen molar-refractivity contribution in [2.24, 2.45) is 4.99 Å². The van der Waals surface area contributed by atoms with Crippen LogP contribution in [0.3, 0.4) is 0 Å². The molecule has 0 saturated heterocycles. The lowest BCUT2D eigenvalue weighted by Gasteiger charge is -2.24. The van der Waals surface area contributed by atoms with E-state index in [1.807, 2.05) is 0 Å². The molecule has 1 heterocycles. The summed E-state index contributed by atoms with van der Waals surface area (Å²) in [5.41, 5.74) is 2.59. The summed E-state index contributed by atoms with van der Waals surface area (Å²) < 4.78 is 5.84. The van der Waals surface area contributed by atoms with E-state index in [4.69, 9.17) is 9.73 Å². The molecule has 0 amide bonds. The molecule has 1 aromatic carbocycles. The van der Waals surface area contributed by atoms with E-state index in [2.05, 4.69) is 38.1 Å². The third-order valence-electron chi connectivity index (χ3n) is 4.20. The van der Waals surface area contributed by atoms with Crippen LogP contribution in [0.25, 0.3) is 0 Å². The standard InChI is InChI=1S/C17H23NO/c1-17(2)12-19-16(18-17)15-11-7-6-10-14(15)13-8-4-3-5-9-13/h6-7,10-11,13H,3-5,8-9,12H2,1-2H3. The Morgan fingerprint density at radius 2 is 1.84 bits per heavy atom. The number of benzene rings is 1. The lowest BCUT2D eigenvalue weighted by molar-refractivity contribution is 0.279. The molecule has 2 aliphatic rings. The van der Waals surface area contributed by atoms with Crippen molar-refractivity contribution in [3.05, 3.63) is 35.4 Å². The fourth-order valence-corrected chi connectivity index (χ4v) is 3.18. The highest BCUT2D eigenvalue weighted by Gasteiger charge is 2.29. The third kappa shape index (κ3) is 2.68. The molecule has 0 aromatic heterocycles. The molecule has 0 bridgehead atoms. The molecule has 0 radical (unpaired) electrons. The van der Waals surface area contributed by atoms with Crippen molar-refractivity contribution in [2.45, 2.75) is 57.4 Å². The summed E-state index contributed by atoms with van der Waals surface area (Å²) in [6, 6.07) is 8.68. The van der Waals surface area contributed by atoms with Gasteiger partial charge in [-0.15, -0.1) is 0 Å². The molecule has 0 unspecified atom stereocenters. The SMILES string of the molecule is CC1(C)COC(c2ccccc2C2CCCCC2)=N1. The van der Waals surface area contributed by atoms with Crippen molar-refractivity contribution in [3.8, 4) is 0 Å². The van der Waals surface area contributed by atoms with Crippen LogP contribution in [0.2, 0.25) is 0 Å². The Labute approximate surface area is 115 Å². The predicted molar refractivity (Wildman–Crippen MR) is 78.8 cm³/mol. The summed E-state index contributed by atoms with van der Waals surface area (Å²) in [4.78, 5) is 4.74. The van der Waals surface area contributed by atoms with Gasteiger partial charge < -0.3 is 4.74 Å². The monoisotopic (exact) mass is 257 g/mol. The van der Waals surface area contributed by atoms with Crippen molar-refractivity contribution in [3.63, 3.8) is 0 Å². The highest BCUT2D eigenvalue weighted by molar-refractivity contribution is 5.97. The second kappa shape index (κ2) is 4.99. The number of hydrogen-bond donors (Lipinski definition) is 0. The minimum absolute atomic E-state index is 0.0744. The molecule has 102 valence electrons. The maximum absolute atomic E-state index is 5.84. The number of rotatable bonds is 2. The molecule has 0 spiro atoms. The number of ether oxygens (including phenoxy) is 1. The lowest BCUT2D eigenvalue weighted by atomic mass is 9.82. The van der Waals surface area contributed by atoms with Crippen LogP contribution in [0.15, 0.2) is 29.3 Å². The summed E-state index contributed by atoms with van der Waals surface area (Å²) in [7, 11) is 0. The summed E-state index contributed by atoms with van der Waals surface area (Å²) in [6.07, 6.45) is 6.74. The highest BCUT2D eigenvalue weighted by Crippen LogP contribution is 2.35. The van der Waals surface area contributed by atoms with Crippen LogP contribution in [0, 0.1) is 0 Å². The molecule has 3 rings (SSSR count). The molecule has 19 heavy (non-hydrogen) atoms. The number of aliphatic imine (C=N–C) groups is 1. The number of nitrogens with zero attached hydrogens (tertiary/aromatic N) is 1. The molecular formula is C17H23NO. The van der Waals surface area contributed by atoms with E-state index < -0.39 is 0 Å². The van der Waals surface area contributed by atoms with Crippen LogP contribution in [-0.4, -0.2) is 18.0 Å². The lowest BCUT2D eigenvalue weighted by Crippen LogP contribution is -2.17. The first-order valence-electron chi connectivity index (χ1n) is 7.48. The van der Waals surface area contributed by atoms with Gasteiger partial charge in [-0.05, 0) is 44.2 Å². The molecule has 1 aliphatic carbocycles. The van der Waals surface area contributed by atoms with Crippen molar-refractivity contribution < 1.29 is 4.74 Å². The maximum atomic E-state index is 5.84. The van der Waals surface area contributed by atoms with Gasteiger partial charge in [-0.2, -0.15) is 0 Å². The zero-order valence-corrected chi connectivity index (χ0v) is 12.0. The summed E-state index contributed by atoms with van der Waals surface area (Å²) in [5, 5.41) is 0. The molecule has 2 heteroatoms. The topological polar surface area (TPSA) is 21.6 Å². The third-order valence-corrected chi connectivity index (χ3v) is 4.20. The Kier molecular flexibility index (Phi) is 3.34. The van der Waals surface area contributed by atoms with Crippen LogP contribution in [0.1, 0.15) is 63.0 Å². The Morgan fingerprint density at radius 3 is 2.53 bits per heavy atom. The van der Waals surface area contributed by atoms with Crippen molar-refractivity contribution >= 4 is 5.90 Å². The smallest absolute Gasteiger partial charge is 0.217 e. The zero-order valence-electron chi connectivity index (χ0n) is 12.0. The van der Waals surface area contributed by atoms with Gasteiger partial charge >= 0.3 is 0 Å². The van der Waals surface area contributed by atoms with Gasteiger partial charge in [0.15, 0.2) is 0 Å². The van der Waals surface area contributed by atoms with Gasteiger partial charge in [0.05, 0.1) is 5.54 Å². The average Bonchev–Trinajstić information content (AvgIpc) is 2.80. The van der Waals surface area contributed by atoms with E-state index in [9.17, 15) is 0 Å². The Hall–Kier alpha value is -1.31. The first-order valence-corrected chi connectivity index (χ1v) is 7.48. The van der Waals surface area contributed by atoms with Crippen molar-refractivity contribution in [1.82, 2.24) is 0 Å². The fraction of sp³-hybridized carbons (Fsp3) is 0.588. The van der Waals surface area contributed by atoms with Crippen LogP contribution in [0.4, 0.5) is 0 Å². The summed E-state index contributed by atoms with van der Waals surface area (Å²) >= 11 is 0. The number of hydrogen-bond acceptors (Lipinski definition) is 2. The van der Waals surface area contributed by atoms with E-state index in [0.29, 0.717) is 12.5 Å². The van der Waals surface area contributed by atoms with Gasteiger partial charge in [-0.3, -0.25) is 0 Å². The van der Waals surface area contributed by atoms with Crippen LogP contribution in [0.5, 0.6) is 0 Å². The van der Waals surface area contributed by atoms with Crippen LogP contribution < -0.4 is 0 Å². The van der Waals surface area contributed by atoms with Gasteiger partial charge in [-0.1, -0.05) is 37.5 Å². The highest BCUT2D eigenvalue weighted by atomic mass is 16.5. The predicted octanol–water partition coefficient (Wildman–Crippen LogP) is 4.29. The Morgan fingerprint density at radius 1 is 1.11 bits per heavy atom. The minimum atomic E-state index is -0.0744. The Bertz CT molecular complexity index is 484. The molecule has 2 nitrogen and oxygen atoms in total. The first-order chi connectivity index (χ1) is 9.16. The Balaban J connectivity index is 1.93. The largest absolute Gasteiger partial charge is 0.475 e. The molecule has 0 N–H and O–H groups in total. The van der Waals surface area contributed by atoms with Crippen molar-refractivity contribution in [1.29, 1.82) is 0 Å². The first kappa shape index (κ1) is 12.7. The zero-order chi connectivity index (χ0) is 13.3. The summed E-state index contributed by atoms with van der Waals surface area (Å²) in [5.74, 6) is 1.55.